The summed E-state index contributed by atoms with van der Waals surface area (Å²) in [6.07, 6.45) is 5.84. The summed E-state index contributed by atoms with van der Waals surface area (Å²) in [6, 6.07) is 10.2. The van der Waals surface area contributed by atoms with Gasteiger partial charge < -0.3 is 290 Å². The molecule has 1 unspecified atom stereocenters. The molecule has 59 nitrogen and oxygen atoms in total. The predicted molar refractivity (Wildman–Crippen MR) is 518 cm³/mol. The van der Waals surface area contributed by atoms with E-state index in [4.69, 9.17) is 208 Å². The van der Waals surface area contributed by atoms with Gasteiger partial charge in [-0.3, -0.25) is 200 Å². The predicted octanol–water partition coefficient (Wildman–Crippen LogP) is -1.76. The number of halogens is 2. The number of aromatic nitrogens is 6. The second-order valence-corrected chi connectivity index (χ2v) is 16.2. The number of para-hydroxylation sites is 2. The van der Waals surface area contributed by atoms with Gasteiger partial charge in [-0.1, -0.05) is 36.4 Å². The van der Waals surface area contributed by atoms with Crippen molar-refractivity contribution in [3.05, 3.63) is 175 Å². The van der Waals surface area contributed by atoms with E-state index in [1.54, 1.807) is 69.6 Å². The monoisotopic (exact) mass is 3550 g/mol. The van der Waals surface area contributed by atoms with Crippen LogP contribution in [-0.4, -0.2) is 380 Å². The van der Waals surface area contributed by atoms with Crippen molar-refractivity contribution < 1.29 is 376 Å². The van der Waals surface area contributed by atoms with Crippen molar-refractivity contribution in [2.45, 2.75) is 56.9 Å². The number of H-pyrrole nitrogens is 3. The Hall–Kier alpha value is -10.5. The van der Waals surface area contributed by atoms with Gasteiger partial charge in [0.15, 0.2) is 17.2 Å². The number of aryl methyl sites for hydroxylation is 1. The molecule has 6 aromatic rings. The summed E-state index contributed by atoms with van der Waals surface area (Å²) in [6.45, 7) is 92.8. The number of carboxylic acids is 7. The molecule has 0 aliphatic rings. The number of aromatic amines is 3. The van der Waals surface area contributed by atoms with E-state index in [1.807, 2.05) is 54.7 Å². The molecule has 6 rings (SSSR count). The fourth-order valence-corrected chi connectivity index (χ4v) is 5.12. The number of anilines is 1. The Kier molecular flexibility index (Phi) is 648. The maximum Gasteiger partial charge on any atom is 0.364 e. The largest absolute Gasteiger partial charge is 0.693 e. The zero-order valence-electron chi connectivity index (χ0n) is 79.9. The Bertz CT molecular complexity index is 3210. The Labute approximate surface area is 986 Å². The second-order valence-electron chi connectivity index (χ2n) is 16.2. The molecule has 0 saturated heterocycles. The Morgan fingerprint density at radius 1 is 0.419 bits per heavy atom. The first-order chi connectivity index (χ1) is 64.8. The van der Waals surface area contributed by atoms with Crippen molar-refractivity contribution in [1.29, 1.82) is 10.5 Å². The van der Waals surface area contributed by atoms with Crippen LogP contribution in [0.25, 0.3) is 62.5 Å². The molecule has 0 fully saturated rings. The van der Waals surface area contributed by atoms with E-state index < -0.39 is 91.8 Å². The van der Waals surface area contributed by atoms with E-state index >= 15 is 0 Å². The third kappa shape index (κ3) is 263. The van der Waals surface area contributed by atoms with Gasteiger partial charge in [-0.25, -0.2) is 14.6 Å². The van der Waals surface area contributed by atoms with Crippen LogP contribution in [0, 0.1) is 67.2 Å². The molecule has 148 heavy (non-hydrogen) atoms. The number of aliphatic hydroxyl groups is 3. The van der Waals surface area contributed by atoms with Gasteiger partial charge in [0, 0.05) is 197 Å². The van der Waals surface area contributed by atoms with Crippen molar-refractivity contribution in [1.82, 2.24) is 39.3 Å². The van der Waals surface area contributed by atoms with Gasteiger partial charge in [-0.15, -0.1) is 0 Å². The number of carboxylic acid groups (broad SMARTS) is 7. The standard InChI is InChI=1S/C11H12N2O2.C11H11N2O2.C6H7N5O.2C4H9NO2.C3H7NO3.2C3H6NO3.2C2H5.2CN.23CHO.4CH3.2BrH.2Co.2H2N.7Re/c2*12-9(11(14)15)5-7-6-13-10-4-2-1-3-8(7)10;1-11-2-8-4-3(11)5(12)10-6(7)9-4;2*1-5(2)3-4(6)7;3*4-2(1-5)3(6)7;27*1-2;;;;;;;;;;;;;;;;;/h1-4,6,9,13H,5,12H2,(H,14,15);1-4,6,9,12-13H,5H2,(H,14,15);2H,1H3,(H3,7,9,10,12);2*3H2,1-2H3,(H,6,7);2,5H,1,4H2,(H,6,7);2*2,4-5H,1H2,(H,6,7);2*1H2,2H3;;;23*1H;4*1H3;2*1H;;;2*1H2;;;;;;;/q;-1;;;;;33*-1;;;;;2*-1;;;;;;2*+1/t2*9-;;;;2*2-;;;;;;;;;;;;;;;;;;;;;;;;;;;;;;;;;;;;;;;;;;;;;/m00...00............................................./s1. The number of hydrogen-bond donors (Lipinski definition) is 16. The summed E-state index contributed by atoms with van der Waals surface area (Å²) >= 11 is 9.06. The number of fused-ring (bicyclic) bond motifs is 3. The smallest absolute Gasteiger partial charge is 0.364 e. The van der Waals surface area contributed by atoms with Crippen molar-refractivity contribution in [2.24, 2.45) is 7.05 Å². The van der Waals surface area contributed by atoms with E-state index in [1.165, 1.54) is 40.7 Å². The number of nitrogens with one attached hydrogen (secondary N) is 6. The van der Waals surface area contributed by atoms with Crippen LogP contribution >= 0.6 is 26.9 Å². The third-order valence-electron chi connectivity index (χ3n) is 8.92. The maximum atomic E-state index is 11.2. The fourth-order valence-electron chi connectivity index (χ4n) is 5.12. The quantitative estimate of drug-likeness (QED) is 0.0377. The summed E-state index contributed by atoms with van der Waals surface area (Å²) in [5.41, 5.74) is 36.7. The van der Waals surface area contributed by atoms with Crippen LogP contribution < -0.4 is 22.8 Å². The van der Waals surface area contributed by atoms with Crippen LogP contribution in [0.3, 0.4) is 0 Å². The molecule has 0 bridgehead atoms. The van der Waals surface area contributed by atoms with E-state index in [0.29, 0.717) is 17.6 Å². The zero-order chi connectivity index (χ0) is 118. The van der Waals surface area contributed by atoms with Crippen LogP contribution in [0.15, 0.2) is 72.0 Å². The number of quaternary nitrogens is 2. The molecule has 4 heterocycles. The topological polar surface area (TPSA) is 1080 Å². The summed E-state index contributed by atoms with van der Waals surface area (Å²) in [5.74, 6) is -7.07. The minimum atomic E-state index is -1.38. The number of nitrogens with two attached hydrogens (primary N) is 3. The van der Waals surface area contributed by atoms with Gasteiger partial charge >= 0.3 is 85.1 Å². The van der Waals surface area contributed by atoms with Crippen LogP contribution in [-0.2, 0) is 334 Å². The number of aliphatic carboxylic acids is 7. The molecule has 0 spiro atoms. The second kappa shape index (κ2) is 327. The summed E-state index contributed by atoms with van der Waals surface area (Å²) in [5, 5.41) is 95.7. The Morgan fingerprint density at radius 2 is 0.622 bits per heavy atom. The number of carbonyl (C=O) groups excluding carboxylic acids is 23. The Morgan fingerprint density at radius 3 is 0.777 bits per heavy atom. The number of imidazole rings is 1. The number of carbonyl (C=O) groups is 7. The number of rotatable bonds is 16. The average Bonchev–Trinajstić information content (AvgIpc) is 1.67. The number of likely N-dealkylation sites (N-methyl/N-ethyl adjacent to an activating group) is 2. The maximum absolute atomic E-state index is 11.2. The van der Waals surface area contributed by atoms with Crippen molar-refractivity contribution in [3.63, 3.8) is 0 Å². The number of nitrogen functional groups attached to an aromatic ring is 1. The average molecular weight is 3550 g/mol. The van der Waals surface area contributed by atoms with Gasteiger partial charge in [-0.05, 0) is 76.0 Å². The third-order valence-corrected chi connectivity index (χ3v) is 8.92. The van der Waals surface area contributed by atoms with Gasteiger partial charge in [0.25, 0.3) is 23.5 Å². The molecular weight excluding hydrogens is 3430 g/mol. The number of benzene rings is 2. The minimum Gasteiger partial charge on any atom is -0.693 e. The molecule has 28 N–H and O–H groups in total. The van der Waals surface area contributed by atoms with E-state index in [2.05, 4.69) is 233 Å². The number of nitrogens with zero attached hydrogens (tertiary/aromatic N) is 7. The van der Waals surface area contributed by atoms with Crippen LogP contribution in [0.1, 0.15) is 25.0 Å². The summed E-state index contributed by atoms with van der Waals surface area (Å²) in [4.78, 5) is 279. The molecule has 70 heteroatoms. The van der Waals surface area contributed by atoms with Crippen LogP contribution in [0.5, 0.6) is 0 Å². The van der Waals surface area contributed by atoms with Gasteiger partial charge in [0.2, 0.25) is 12.0 Å². The minimum absolute atomic E-state index is 0. The molecule has 0 aliphatic carbocycles. The summed E-state index contributed by atoms with van der Waals surface area (Å²) in [7, 11) is 8.59. The molecule has 5 atom stereocenters. The summed E-state index contributed by atoms with van der Waals surface area (Å²) < 4.78 is 1.60. The zero-order valence-corrected chi connectivity index (χ0v) is 104. The first-order valence-electron chi connectivity index (χ1n) is 29.7. The molecule has 4 aromatic heterocycles. The van der Waals surface area contributed by atoms with Crippen molar-refractivity contribution in [2.75, 3.05) is 66.8 Å². The molecule has 7 radical (unpaired) electrons. The number of hydrogen-bond acceptors (Lipinski definition) is 41. The Balaban J connectivity index is -0.0000000185. The molecule has 0 amide bonds. The van der Waals surface area contributed by atoms with E-state index in [-0.39, 0.29) is 209 Å². The van der Waals surface area contributed by atoms with Crippen molar-refractivity contribution in [3.8, 4) is 0 Å². The van der Waals surface area contributed by atoms with Crippen LogP contribution in [0.2, 0.25) is 0 Å². The molecular formula is C78H118Br2Co2N18O41Re7-34. The molecule has 0 saturated carbocycles. The van der Waals surface area contributed by atoms with Crippen LogP contribution in [0.4, 0.5) is 5.95 Å². The van der Waals surface area contributed by atoms with Gasteiger partial charge in [-0.2, -0.15) is 18.8 Å². The first-order valence-corrected chi connectivity index (χ1v) is 41.5. The molecule has 881 valence electrons. The molecule has 0 aliphatic heterocycles. The fraction of sp³-hybridized carbons (Fsp3) is 0.244. The number of aliphatic hydroxyl groups excluding tert-OH is 3. The van der Waals surface area contributed by atoms with Crippen molar-refractivity contribution >= 4 is 264 Å². The SMILES string of the molecule is CN(C)CC(=O)O.CN(C)CC(=O)O.Cn1cnc2nc(N)[nH]c(=O)c21.[Br][Re].[Br][Re].[C-]#N.[C-]#N.[CH-]=O.[CH-]=O.[CH-]=O.[CH-]=O.[CH-]=O.[CH-]=O.[CH-]=O.[CH-]=O.[CH-]=O.[CH-]=O.[CH-]=O.[CH-]=O.[CH-]=O.[CH-]=O.[CH-]=O.[CH-]=O.[CH-]=O.[CH-]=O.[CH-]=O.[CH-]=O.[CH-]=O.[CH-]=O.[CH-]=O.[CH2-]C.[CH2-]C.[CH3-].[CH3-].[CH3-].[CH3-].[Co].[Co].[NH-]C(CO)C(=O)O.[NH-][C@@H](CO)C(=O)O.[NH-][C@@H](Cc1c[nH]c2ccccc12)C(=O)O.[NH2-].[NH2-].[NH3+][C@@H](CO)C(=O)O.[NH3+][C@@H](Cc1c[nH]c2ccccc12)C(=O)O.[Re].[Re].[Re].[Re].[Re]. The van der Waals surface area contributed by atoms with E-state index in [9.17, 15) is 38.4 Å². The normalized spacial score (nSPS) is 7.10. The van der Waals surface area contributed by atoms with Gasteiger partial charge in [0.1, 0.15) is 6.61 Å². The first kappa shape index (κ1) is 293. The molecule has 2 aromatic carbocycles. The van der Waals surface area contributed by atoms with E-state index in [0.717, 1.165) is 32.9 Å². The van der Waals surface area contributed by atoms with Gasteiger partial charge in [0.05, 0.1) is 19.4 Å².